The third-order valence-electron chi connectivity index (χ3n) is 5.88. The summed E-state index contributed by atoms with van der Waals surface area (Å²) >= 11 is 0. The van der Waals surface area contributed by atoms with E-state index in [2.05, 4.69) is 16.7 Å². The van der Waals surface area contributed by atoms with E-state index in [0.717, 1.165) is 26.2 Å². The van der Waals surface area contributed by atoms with Crippen molar-refractivity contribution in [2.24, 2.45) is 17.8 Å². The van der Waals surface area contributed by atoms with Gasteiger partial charge >= 0.3 is 5.97 Å². The molecule has 0 aromatic heterocycles. The average molecular weight is 308 g/mol. The van der Waals surface area contributed by atoms with E-state index in [9.17, 15) is 9.59 Å². The molecular formula is C17H28N2O3. The molecule has 0 N–H and O–H groups in total. The highest BCUT2D eigenvalue weighted by atomic mass is 16.5. The molecule has 3 atom stereocenters. The minimum Gasteiger partial charge on any atom is -0.469 e. The van der Waals surface area contributed by atoms with Crippen LogP contribution in [0, 0.1) is 17.8 Å². The van der Waals surface area contributed by atoms with Crippen molar-refractivity contribution in [3.05, 3.63) is 0 Å². The summed E-state index contributed by atoms with van der Waals surface area (Å²) in [4.78, 5) is 28.4. The van der Waals surface area contributed by atoms with Crippen LogP contribution in [0.4, 0.5) is 0 Å². The molecule has 3 aliphatic rings. The monoisotopic (exact) mass is 308 g/mol. The lowest BCUT2D eigenvalue weighted by atomic mass is 10.0. The van der Waals surface area contributed by atoms with Gasteiger partial charge in [-0.2, -0.15) is 0 Å². The molecule has 2 aliphatic carbocycles. The maximum absolute atomic E-state index is 12.7. The van der Waals surface area contributed by atoms with Crippen molar-refractivity contribution < 1.29 is 14.3 Å². The minimum atomic E-state index is -0.159. The summed E-state index contributed by atoms with van der Waals surface area (Å²) in [6.07, 6.45) is 5.57. The molecular weight excluding hydrogens is 280 g/mol. The van der Waals surface area contributed by atoms with Crippen LogP contribution in [0.2, 0.25) is 0 Å². The first-order valence-electron chi connectivity index (χ1n) is 8.71. The summed E-state index contributed by atoms with van der Waals surface area (Å²) in [5.74, 6) is 1.96. The molecule has 5 heteroatoms. The number of nitrogens with zero attached hydrogens (tertiary/aromatic N) is 2. The Balaban J connectivity index is 1.45. The fraction of sp³-hybridized carbons (Fsp3) is 0.882. The highest BCUT2D eigenvalue weighted by molar-refractivity contribution is 5.82. The third-order valence-corrected chi connectivity index (χ3v) is 5.88. The average Bonchev–Trinajstić information content (AvgIpc) is 3.28. The largest absolute Gasteiger partial charge is 0.469 e. The number of piperazine rings is 1. The van der Waals surface area contributed by atoms with Gasteiger partial charge in [0.25, 0.3) is 0 Å². The van der Waals surface area contributed by atoms with Gasteiger partial charge in [0.15, 0.2) is 0 Å². The van der Waals surface area contributed by atoms with E-state index < -0.39 is 0 Å². The lowest BCUT2D eigenvalue weighted by molar-refractivity contribution is -0.143. The molecule has 0 bridgehead atoms. The van der Waals surface area contributed by atoms with Crippen LogP contribution >= 0.6 is 0 Å². The smallest absolute Gasteiger partial charge is 0.307 e. The Morgan fingerprint density at radius 1 is 1.09 bits per heavy atom. The predicted octanol–water partition coefficient (Wildman–Crippen LogP) is 1.52. The van der Waals surface area contributed by atoms with Crippen LogP contribution in [0.15, 0.2) is 0 Å². The van der Waals surface area contributed by atoms with Crippen LogP contribution in [-0.2, 0) is 14.3 Å². The van der Waals surface area contributed by atoms with Crippen LogP contribution in [-0.4, -0.2) is 61.0 Å². The van der Waals surface area contributed by atoms with E-state index >= 15 is 0 Å². The lowest BCUT2D eigenvalue weighted by Crippen LogP contribution is -2.52. The number of methoxy groups -OCH3 is 1. The Morgan fingerprint density at radius 3 is 2.23 bits per heavy atom. The van der Waals surface area contributed by atoms with Gasteiger partial charge in [0, 0.05) is 38.1 Å². The molecule has 1 amide bonds. The van der Waals surface area contributed by atoms with E-state index in [1.807, 2.05) is 0 Å². The lowest BCUT2D eigenvalue weighted by Gasteiger charge is -2.38. The Bertz CT molecular complexity index is 420. The standard InChI is InChI=1S/C17H28N2O3/c1-12(11-15(20)22-2)18-7-9-19(10-8-18)17(21)16-13-5-3-4-6-14(13)16/h12-14,16H,3-11H2,1-2H3/t12-,13+,14+/m0/s1. The van der Waals surface area contributed by atoms with Crippen molar-refractivity contribution >= 4 is 11.9 Å². The normalized spacial score (nSPS) is 33.0. The van der Waals surface area contributed by atoms with Crippen LogP contribution in [0.1, 0.15) is 39.0 Å². The quantitative estimate of drug-likeness (QED) is 0.739. The Hall–Kier alpha value is -1.10. The maximum Gasteiger partial charge on any atom is 0.307 e. The molecule has 0 aromatic carbocycles. The first-order valence-corrected chi connectivity index (χ1v) is 8.71. The number of amides is 1. The van der Waals surface area contributed by atoms with Crippen molar-refractivity contribution in [1.29, 1.82) is 0 Å². The SMILES string of the molecule is COC(=O)C[C@H](C)N1CCN(C(=O)C2[C@@H]3CCCC[C@@H]23)CC1. The molecule has 0 aromatic rings. The Labute approximate surface area is 133 Å². The molecule has 3 rings (SSSR count). The van der Waals surface area contributed by atoms with Crippen molar-refractivity contribution in [2.75, 3.05) is 33.3 Å². The number of esters is 1. The summed E-state index contributed by atoms with van der Waals surface area (Å²) < 4.78 is 4.73. The summed E-state index contributed by atoms with van der Waals surface area (Å²) in [6, 6.07) is 0.188. The van der Waals surface area contributed by atoms with E-state index in [4.69, 9.17) is 4.74 Å². The minimum absolute atomic E-state index is 0.159. The van der Waals surface area contributed by atoms with Gasteiger partial charge in [-0.1, -0.05) is 12.8 Å². The van der Waals surface area contributed by atoms with Gasteiger partial charge in [0.05, 0.1) is 13.5 Å². The Morgan fingerprint density at radius 2 is 1.68 bits per heavy atom. The molecule has 0 spiro atoms. The number of fused-ring (bicyclic) bond motifs is 1. The molecule has 22 heavy (non-hydrogen) atoms. The third kappa shape index (κ3) is 3.14. The molecule has 3 fully saturated rings. The summed E-state index contributed by atoms with van der Waals surface area (Å²) in [7, 11) is 1.43. The number of carbonyl (C=O) groups is 2. The van der Waals surface area contributed by atoms with Crippen molar-refractivity contribution in [1.82, 2.24) is 9.80 Å². The predicted molar refractivity (Wildman–Crippen MR) is 83.2 cm³/mol. The summed E-state index contributed by atoms with van der Waals surface area (Å²) in [6.45, 7) is 5.41. The number of rotatable bonds is 4. The topological polar surface area (TPSA) is 49.9 Å². The molecule has 1 heterocycles. The van der Waals surface area contributed by atoms with E-state index in [0.29, 0.717) is 30.1 Å². The molecule has 1 saturated heterocycles. The molecule has 1 aliphatic heterocycles. The zero-order chi connectivity index (χ0) is 15.7. The zero-order valence-corrected chi connectivity index (χ0v) is 13.8. The van der Waals surface area contributed by atoms with E-state index in [1.165, 1.54) is 32.8 Å². The second-order valence-electron chi connectivity index (χ2n) is 7.13. The van der Waals surface area contributed by atoms with E-state index in [-0.39, 0.29) is 12.0 Å². The van der Waals surface area contributed by atoms with Gasteiger partial charge in [-0.3, -0.25) is 14.5 Å². The fourth-order valence-electron chi connectivity index (χ4n) is 4.41. The highest BCUT2D eigenvalue weighted by Gasteiger charge is 2.55. The summed E-state index contributed by atoms with van der Waals surface area (Å²) in [5.41, 5.74) is 0. The van der Waals surface area contributed by atoms with Gasteiger partial charge in [-0.05, 0) is 31.6 Å². The fourth-order valence-corrected chi connectivity index (χ4v) is 4.41. The summed E-state index contributed by atoms with van der Waals surface area (Å²) in [5, 5.41) is 0. The van der Waals surface area contributed by atoms with Gasteiger partial charge in [0.2, 0.25) is 5.91 Å². The molecule has 2 saturated carbocycles. The molecule has 0 radical (unpaired) electrons. The van der Waals surface area contributed by atoms with Gasteiger partial charge in [-0.15, -0.1) is 0 Å². The van der Waals surface area contributed by atoms with Gasteiger partial charge in [-0.25, -0.2) is 0 Å². The molecule has 124 valence electrons. The number of carbonyl (C=O) groups excluding carboxylic acids is 2. The first-order chi connectivity index (χ1) is 10.6. The second-order valence-corrected chi connectivity index (χ2v) is 7.13. The van der Waals surface area contributed by atoms with Gasteiger partial charge in [0.1, 0.15) is 0 Å². The van der Waals surface area contributed by atoms with Gasteiger partial charge < -0.3 is 9.64 Å². The number of ether oxygens (including phenoxy) is 1. The second kappa shape index (κ2) is 6.57. The first kappa shape index (κ1) is 15.8. The zero-order valence-electron chi connectivity index (χ0n) is 13.8. The molecule has 5 nitrogen and oxygen atoms in total. The van der Waals surface area contributed by atoms with Crippen molar-refractivity contribution in [2.45, 2.75) is 45.1 Å². The number of hydrogen-bond donors (Lipinski definition) is 0. The van der Waals surface area contributed by atoms with Crippen molar-refractivity contribution in [3.8, 4) is 0 Å². The van der Waals surface area contributed by atoms with Crippen LogP contribution < -0.4 is 0 Å². The Kier molecular flexibility index (Phi) is 4.71. The van der Waals surface area contributed by atoms with Crippen LogP contribution in [0.5, 0.6) is 0 Å². The van der Waals surface area contributed by atoms with E-state index in [1.54, 1.807) is 0 Å². The highest BCUT2D eigenvalue weighted by Crippen LogP contribution is 2.56. The van der Waals surface area contributed by atoms with Crippen LogP contribution in [0.25, 0.3) is 0 Å². The van der Waals surface area contributed by atoms with Crippen molar-refractivity contribution in [3.63, 3.8) is 0 Å². The maximum atomic E-state index is 12.7. The number of hydrogen-bond acceptors (Lipinski definition) is 4. The molecule has 0 unspecified atom stereocenters. The van der Waals surface area contributed by atoms with Crippen LogP contribution in [0.3, 0.4) is 0 Å².